The second-order valence-electron chi connectivity index (χ2n) is 4.98. The van der Waals surface area contributed by atoms with Crippen LogP contribution in [-0.4, -0.2) is 11.5 Å². The van der Waals surface area contributed by atoms with Gasteiger partial charge in [0.05, 0.1) is 6.20 Å². The molecule has 0 radical (unpaired) electrons. The molecule has 0 amide bonds. The van der Waals surface area contributed by atoms with Gasteiger partial charge >= 0.3 is 0 Å². The minimum absolute atomic E-state index is 0.156. The van der Waals surface area contributed by atoms with Crippen LogP contribution in [0.4, 0.5) is 4.39 Å². The summed E-state index contributed by atoms with van der Waals surface area (Å²) in [6.45, 7) is 7.51. The maximum Gasteiger partial charge on any atom is 0.141 e. The molecule has 0 bridgehead atoms. The number of hydrogen-bond acceptors (Lipinski definition) is 2. The molecule has 0 fully saturated rings. The molecule has 3 heteroatoms. The Bertz CT molecular complexity index is 341. The Morgan fingerprint density at radius 3 is 2.72 bits per heavy atom. The first kappa shape index (κ1) is 15.1. The molecule has 0 aliphatic rings. The van der Waals surface area contributed by atoms with E-state index in [1.807, 2.05) is 0 Å². The van der Waals surface area contributed by atoms with Gasteiger partial charge in [-0.25, -0.2) is 4.39 Å². The summed E-state index contributed by atoms with van der Waals surface area (Å²) in [5.74, 6) is 0.452. The molecule has 1 aromatic heterocycles. The van der Waals surface area contributed by atoms with Crippen molar-refractivity contribution in [1.29, 1.82) is 0 Å². The van der Waals surface area contributed by atoms with Crippen molar-refractivity contribution in [3.05, 3.63) is 29.8 Å². The lowest BCUT2D eigenvalue weighted by Crippen LogP contribution is -2.25. The maximum absolute atomic E-state index is 13.1. The highest BCUT2D eigenvalue weighted by Crippen LogP contribution is 2.15. The molecular weight excluding hydrogens is 227 g/mol. The van der Waals surface area contributed by atoms with Crippen LogP contribution in [0.3, 0.4) is 0 Å². The number of rotatable bonds is 8. The molecule has 0 aliphatic heterocycles. The lowest BCUT2D eigenvalue weighted by molar-refractivity contribution is 0.398. The van der Waals surface area contributed by atoms with Crippen LogP contribution >= 0.6 is 0 Å². The average molecular weight is 252 g/mol. The van der Waals surface area contributed by atoms with Gasteiger partial charge in [0, 0.05) is 12.2 Å². The third kappa shape index (κ3) is 5.13. The van der Waals surface area contributed by atoms with Gasteiger partial charge in [0.25, 0.3) is 0 Å². The van der Waals surface area contributed by atoms with Crippen LogP contribution in [0.1, 0.15) is 58.1 Å². The monoisotopic (exact) mass is 252 g/mol. The van der Waals surface area contributed by atoms with E-state index in [1.165, 1.54) is 31.9 Å². The quantitative estimate of drug-likeness (QED) is 0.754. The van der Waals surface area contributed by atoms with E-state index < -0.39 is 0 Å². The van der Waals surface area contributed by atoms with E-state index in [2.05, 4.69) is 31.1 Å². The predicted molar refractivity (Wildman–Crippen MR) is 73.9 cm³/mol. The molecule has 0 aliphatic carbocycles. The molecule has 1 rings (SSSR count). The van der Waals surface area contributed by atoms with E-state index in [0.29, 0.717) is 5.92 Å². The summed E-state index contributed by atoms with van der Waals surface area (Å²) in [5, 5.41) is 3.48. The third-order valence-corrected chi connectivity index (χ3v) is 3.48. The molecule has 1 aromatic rings. The second kappa shape index (κ2) is 8.20. The Balaban J connectivity index is 2.42. The number of halogens is 1. The van der Waals surface area contributed by atoms with E-state index in [4.69, 9.17) is 0 Å². The van der Waals surface area contributed by atoms with Crippen LogP contribution in [0.2, 0.25) is 0 Å². The zero-order valence-corrected chi connectivity index (χ0v) is 11.7. The van der Waals surface area contributed by atoms with Crippen molar-refractivity contribution in [2.45, 2.75) is 52.5 Å². The van der Waals surface area contributed by atoms with Crippen LogP contribution in [0.5, 0.6) is 0 Å². The molecule has 2 nitrogen and oxygen atoms in total. The number of unbranched alkanes of at least 4 members (excludes halogenated alkanes) is 1. The van der Waals surface area contributed by atoms with Gasteiger partial charge in [0.1, 0.15) is 5.82 Å². The number of pyridine rings is 1. The van der Waals surface area contributed by atoms with Crippen molar-refractivity contribution in [2.75, 3.05) is 6.54 Å². The van der Waals surface area contributed by atoms with Gasteiger partial charge in [0.2, 0.25) is 0 Å². The molecule has 2 atom stereocenters. The molecule has 18 heavy (non-hydrogen) atoms. The average Bonchev–Trinajstić information content (AvgIpc) is 2.38. The Kier molecular flexibility index (Phi) is 6.88. The van der Waals surface area contributed by atoms with Crippen molar-refractivity contribution in [2.24, 2.45) is 5.92 Å². The standard InChI is InChI=1S/C15H25FN2/c1-4-6-7-13(5-2)9-18-12(3)14-8-15(16)11-17-10-14/h8,10-13,18H,4-7,9H2,1-3H3. The Hall–Kier alpha value is -0.960. The van der Waals surface area contributed by atoms with Crippen LogP contribution in [0, 0.1) is 11.7 Å². The lowest BCUT2D eigenvalue weighted by atomic mass is 9.98. The maximum atomic E-state index is 13.1. The molecule has 0 saturated carbocycles. The van der Waals surface area contributed by atoms with Crippen molar-refractivity contribution in [3.8, 4) is 0 Å². The van der Waals surface area contributed by atoms with Crippen LogP contribution in [0.15, 0.2) is 18.5 Å². The van der Waals surface area contributed by atoms with Crippen molar-refractivity contribution in [3.63, 3.8) is 0 Å². The highest BCUT2D eigenvalue weighted by Gasteiger charge is 2.10. The molecule has 2 unspecified atom stereocenters. The van der Waals surface area contributed by atoms with Crippen LogP contribution in [-0.2, 0) is 0 Å². The molecule has 1 N–H and O–H groups in total. The molecule has 0 spiro atoms. The van der Waals surface area contributed by atoms with E-state index in [1.54, 1.807) is 12.3 Å². The summed E-state index contributed by atoms with van der Waals surface area (Å²) in [4.78, 5) is 3.89. The predicted octanol–water partition coefficient (Wildman–Crippen LogP) is 4.09. The summed E-state index contributed by atoms with van der Waals surface area (Å²) in [5.41, 5.74) is 0.917. The van der Waals surface area contributed by atoms with Crippen molar-refractivity contribution < 1.29 is 4.39 Å². The Morgan fingerprint density at radius 1 is 1.33 bits per heavy atom. The van der Waals surface area contributed by atoms with Crippen LogP contribution in [0.25, 0.3) is 0 Å². The molecule has 1 heterocycles. The zero-order valence-electron chi connectivity index (χ0n) is 11.7. The highest BCUT2D eigenvalue weighted by atomic mass is 19.1. The first-order chi connectivity index (χ1) is 8.67. The fraction of sp³-hybridized carbons (Fsp3) is 0.667. The van der Waals surface area contributed by atoms with E-state index in [0.717, 1.165) is 12.1 Å². The zero-order chi connectivity index (χ0) is 13.4. The molecule has 102 valence electrons. The summed E-state index contributed by atoms with van der Waals surface area (Å²) >= 11 is 0. The molecular formula is C15H25FN2. The number of nitrogens with one attached hydrogen (secondary N) is 1. The van der Waals surface area contributed by atoms with Crippen molar-refractivity contribution in [1.82, 2.24) is 10.3 Å². The van der Waals surface area contributed by atoms with Gasteiger partial charge in [0.15, 0.2) is 0 Å². The minimum atomic E-state index is -0.265. The Labute approximate surface area is 110 Å². The fourth-order valence-corrected chi connectivity index (χ4v) is 2.07. The fourth-order valence-electron chi connectivity index (χ4n) is 2.07. The summed E-state index contributed by atoms with van der Waals surface area (Å²) < 4.78 is 13.1. The van der Waals surface area contributed by atoms with Crippen LogP contribution < -0.4 is 5.32 Å². The van der Waals surface area contributed by atoms with Gasteiger partial charge in [-0.1, -0.05) is 33.1 Å². The summed E-state index contributed by atoms with van der Waals surface area (Å²) in [7, 11) is 0. The minimum Gasteiger partial charge on any atom is -0.310 e. The Morgan fingerprint density at radius 2 is 2.11 bits per heavy atom. The first-order valence-corrected chi connectivity index (χ1v) is 7.01. The number of hydrogen-bond donors (Lipinski definition) is 1. The van der Waals surface area contributed by atoms with Crippen molar-refractivity contribution >= 4 is 0 Å². The van der Waals surface area contributed by atoms with E-state index in [9.17, 15) is 4.39 Å². The van der Waals surface area contributed by atoms with Gasteiger partial charge in [-0.3, -0.25) is 4.98 Å². The normalized spacial score (nSPS) is 14.4. The topological polar surface area (TPSA) is 24.9 Å². The lowest BCUT2D eigenvalue weighted by Gasteiger charge is -2.19. The van der Waals surface area contributed by atoms with E-state index >= 15 is 0 Å². The summed E-state index contributed by atoms with van der Waals surface area (Å²) in [6.07, 6.45) is 7.98. The van der Waals surface area contributed by atoms with Gasteiger partial charge in [-0.2, -0.15) is 0 Å². The van der Waals surface area contributed by atoms with Gasteiger partial charge < -0.3 is 5.32 Å². The number of aromatic nitrogens is 1. The van der Waals surface area contributed by atoms with Gasteiger partial charge in [-0.05, 0) is 37.4 Å². The second-order valence-corrected chi connectivity index (χ2v) is 4.98. The highest BCUT2D eigenvalue weighted by molar-refractivity contribution is 5.14. The largest absolute Gasteiger partial charge is 0.310 e. The first-order valence-electron chi connectivity index (χ1n) is 7.01. The van der Waals surface area contributed by atoms with E-state index in [-0.39, 0.29) is 11.9 Å². The third-order valence-electron chi connectivity index (χ3n) is 3.48. The molecule has 0 saturated heterocycles. The summed E-state index contributed by atoms with van der Waals surface area (Å²) in [6, 6.07) is 1.71. The molecule has 0 aromatic carbocycles. The smallest absolute Gasteiger partial charge is 0.141 e. The van der Waals surface area contributed by atoms with Gasteiger partial charge in [-0.15, -0.1) is 0 Å². The number of nitrogens with zero attached hydrogens (tertiary/aromatic N) is 1. The SMILES string of the molecule is CCCCC(CC)CNC(C)c1cncc(F)c1.